The van der Waals surface area contributed by atoms with Gasteiger partial charge in [-0.15, -0.1) is 11.3 Å². The Morgan fingerprint density at radius 3 is 2.10 bits per heavy atom. The fourth-order valence-corrected chi connectivity index (χ4v) is 4.92. The Balaban J connectivity index is 0.000000220. The summed E-state index contributed by atoms with van der Waals surface area (Å²) >= 11 is 1.02. The van der Waals surface area contributed by atoms with Crippen LogP contribution in [0.25, 0.3) is 0 Å². The second-order valence-corrected chi connectivity index (χ2v) is 9.43. The number of amides is 1. The van der Waals surface area contributed by atoms with Crippen LogP contribution >= 0.6 is 11.3 Å². The van der Waals surface area contributed by atoms with Crippen molar-refractivity contribution >= 4 is 28.4 Å². The second kappa shape index (κ2) is 13.7. The van der Waals surface area contributed by atoms with E-state index in [4.69, 9.17) is 9.84 Å². The number of carboxylic acid groups (broad SMARTS) is 1. The molecule has 7 heteroatoms. The summed E-state index contributed by atoms with van der Waals surface area (Å²) in [6, 6.07) is 3.27. The molecule has 0 saturated heterocycles. The molecule has 1 aromatic heterocycles. The molecule has 30 heavy (non-hydrogen) atoms. The molecule has 0 aliphatic heterocycles. The van der Waals surface area contributed by atoms with Gasteiger partial charge in [-0.1, -0.05) is 51.9 Å². The van der Waals surface area contributed by atoms with E-state index < -0.39 is 12.1 Å². The van der Waals surface area contributed by atoms with E-state index >= 15 is 0 Å². The van der Waals surface area contributed by atoms with Crippen LogP contribution in [0.4, 0.5) is 9.80 Å². The molecule has 0 aromatic carbocycles. The minimum absolute atomic E-state index is 0.200. The van der Waals surface area contributed by atoms with Gasteiger partial charge in [-0.2, -0.15) is 0 Å². The predicted octanol–water partition coefficient (Wildman–Crippen LogP) is 6.34. The molecule has 2 aliphatic carbocycles. The monoisotopic (exact) mass is 438 g/mol. The lowest BCUT2D eigenvalue weighted by molar-refractivity contribution is 0.0702. The van der Waals surface area contributed by atoms with Gasteiger partial charge in [0.25, 0.3) is 0 Å². The molecule has 0 radical (unpaired) electrons. The third-order valence-electron chi connectivity index (χ3n) is 5.76. The molecular formula is C23H38N2O4S. The summed E-state index contributed by atoms with van der Waals surface area (Å²) in [4.78, 5) is 22.3. The summed E-state index contributed by atoms with van der Waals surface area (Å²) in [7, 11) is 0. The molecule has 1 heterocycles. The Morgan fingerprint density at radius 2 is 1.63 bits per heavy atom. The van der Waals surface area contributed by atoms with Crippen molar-refractivity contribution in [3.05, 3.63) is 16.5 Å². The number of ether oxygens (including phenoxy) is 1. The van der Waals surface area contributed by atoms with Crippen molar-refractivity contribution in [1.29, 1.82) is 0 Å². The number of rotatable bonds is 7. The Kier molecular flexibility index (Phi) is 11.2. The van der Waals surface area contributed by atoms with E-state index in [1.54, 1.807) is 6.92 Å². The molecule has 1 aromatic rings. The Hall–Kier alpha value is -1.60. The van der Waals surface area contributed by atoms with Crippen molar-refractivity contribution in [1.82, 2.24) is 5.32 Å². The largest absolute Gasteiger partial charge is 0.477 e. The van der Waals surface area contributed by atoms with Gasteiger partial charge in [0.2, 0.25) is 0 Å². The van der Waals surface area contributed by atoms with Crippen LogP contribution < -0.4 is 10.6 Å². The lowest BCUT2D eigenvalue weighted by atomic mass is 9.91. The van der Waals surface area contributed by atoms with Gasteiger partial charge < -0.3 is 15.2 Å². The van der Waals surface area contributed by atoms with Crippen molar-refractivity contribution in [3.8, 4) is 0 Å². The van der Waals surface area contributed by atoms with Crippen LogP contribution in [0.5, 0.6) is 0 Å². The molecule has 3 N–H and O–H groups in total. The van der Waals surface area contributed by atoms with E-state index in [9.17, 15) is 9.59 Å². The standard InChI is InChI=1S/C12H23N.C11H15NO4S/c1-3-7-11(8-4-1)13-12-9-5-2-6-10-12;1-3-4-5-16-11(15)12-9-7(2)6-8(17-9)10(13)14/h11-13H,1-10H2;6H,3-5H2,1-2H3,(H,12,15)(H,13,14). The summed E-state index contributed by atoms with van der Waals surface area (Å²) in [5.74, 6) is -0.995. The van der Waals surface area contributed by atoms with Crippen LogP contribution in [0.2, 0.25) is 0 Å². The highest BCUT2D eigenvalue weighted by atomic mass is 32.1. The van der Waals surface area contributed by atoms with Crippen LogP contribution in [0.3, 0.4) is 0 Å². The van der Waals surface area contributed by atoms with Crippen molar-refractivity contribution < 1.29 is 19.4 Å². The van der Waals surface area contributed by atoms with Gasteiger partial charge in [0.1, 0.15) is 9.88 Å². The summed E-state index contributed by atoms with van der Waals surface area (Å²) in [6.07, 6.45) is 15.8. The minimum Gasteiger partial charge on any atom is -0.477 e. The van der Waals surface area contributed by atoms with E-state index in [-0.39, 0.29) is 4.88 Å². The van der Waals surface area contributed by atoms with E-state index in [0.29, 0.717) is 11.6 Å². The Bertz CT molecular complexity index is 634. The number of hydrogen-bond donors (Lipinski definition) is 3. The number of carbonyl (C=O) groups excluding carboxylic acids is 1. The van der Waals surface area contributed by atoms with Crippen molar-refractivity contribution in [2.75, 3.05) is 11.9 Å². The quantitative estimate of drug-likeness (QED) is 0.432. The third kappa shape index (κ3) is 9.04. The molecule has 2 aliphatic rings. The molecule has 6 nitrogen and oxygen atoms in total. The molecule has 2 saturated carbocycles. The van der Waals surface area contributed by atoms with Gasteiger partial charge >= 0.3 is 12.1 Å². The smallest absolute Gasteiger partial charge is 0.412 e. The number of hydrogen-bond acceptors (Lipinski definition) is 5. The van der Waals surface area contributed by atoms with Gasteiger partial charge in [0, 0.05) is 12.1 Å². The second-order valence-electron chi connectivity index (χ2n) is 8.38. The van der Waals surface area contributed by atoms with Crippen LogP contribution in [-0.4, -0.2) is 35.9 Å². The van der Waals surface area contributed by atoms with Crippen molar-refractivity contribution in [2.24, 2.45) is 0 Å². The van der Waals surface area contributed by atoms with E-state index in [0.717, 1.165) is 41.8 Å². The number of carbonyl (C=O) groups is 2. The maximum Gasteiger partial charge on any atom is 0.412 e. The normalized spacial score (nSPS) is 17.7. The molecule has 1 amide bonds. The molecule has 0 atom stereocenters. The molecule has 3 rings (SSSR count). The van der Waals surface area contributed by atoms with Crippen molar-refractivity contribution in [3.63, 3.8) is 0 Å². The van der Waals surface area contributed by atoms with E-state index in [1.165, 1.54) is 70.3 Å². The summed E-state index contributed by atoms with van der Waals surface area (Å²) in [6.45, 7) is 4.12. The predicted molar refractivity (Wildman–Crippen MR) is 123 cm³/mol. The summed E-state index contributed by atoms with van der Waals surface area (Å²) in [5, 5.41) is 15.7. The van der Waals surface area contributed by atoms with Gasteiger partial charge in [-0.05, 0) is 50.7 Å². The average Bonchev–Trinajstić information content (AvgIpc) is 3.11. The first-order valence-corrected chi connectivity index (χ1v) is 12.3. The first-order valence-electron chi connectivity index (χ1n) is 11.5. The molecular weight excluding hydrogens is 400 g/mol. The highest BCUT2D eigenvalue weighted by molar-refractivity contribution is 7.18. The number of anilines is 1. The zero-order chi connectivity index (χ0) is 21.8. The van der Waals surface area contributed by atoms with Crippen LogP contribution in [-0.2, 0) is 4.74 Å². The number of unbranched alkanes of at least 4 members (excludes halogenated alkanes) is 1. The van der Waals surface area contributed by atoms with Crippen molar-refractivity contribution in [2.45, 2.75) is 103 Å². The minimum atomic E-state index is -0.995. The lowest BCUT2D eigenvalue weighted by Gasteiger charge is -2.30. The van der Waals surface area contributed by atoms with Crippen LogP contribution in [0.1, 0.15) is 99.2 Å². The Morgan fingerprint density at radius 1 is 1.07 bits per heavy atom. The number of carboxylic acids is 1. The van der Waals surface area contributed by atoms with Crippen LogP contribution in [0, 0.1) is 6.92 Å². The third-order valence-corrected chi connectivity index (χ3v) is 6.90. The number of thiophene rings is 1. The van der Waals surface area contributed by atoms with Gasteiger partial charge in [-0.3, -0.25) is 5.32 Å². The number of aromatic carboxylic acids is 1. The molecule has 170 valence electrons. The van der Waals surface area contributed by atoms with Crippen LogP contribution in [0.15, 0.2) is 6.07 Å². The number of aryl methyl sites for hydroxylation is 1. The Labute approximate surface area is 184 Å². The first kappa shape index (κ1) is 24.7. The van der Waals surface area contributed by atoms with E-state index in [2.05, 4.69) is 10.6 Å². The fraction of sp³-hybridized carbons (Fsp3) is 0.739. The summed E-state index contributed by atoms with van der Waals surface area (Å²) in [5.41, 5.74) is 0.722. The lowest BCUT2D eigenvalue weighted by Crippen LogP contribution is -2.40. The first-order chi connectivity index (χ1) is 14.5. The maximum atomic E-state index is 11.3. The zero-order valence-electron chi connectivity index (χ0n) is 18.5. The zero-order valence-corrected chi connectivity index (χ0v) is 19.3. The molecule has 0 spiro atoms. The van der Waals surface area contributed by atoms with Gasteiger partial charge in [0.05, 0.1) is 6.61 Å². The summed E-state index contributed by atoms with van der Waals surface area (Å²) < 4.78 is 4.92. The molecule has 0 bridgehead atoms. The molecule has 0 unspecified atom stereocenters. The highest BCUT2D eigenvalue weighted by Gasteiger charge is 2.19. The fourth-order valence-electron chi connectivity index (χ4n) is 4.02. The van der Waals surface area contributed by atoms with E-state index in [1.807, 2.05) is 6.92 Å². The van der Waals surface area contributed by atoms with Gasteiger partial charge in [0.15, 0.2) is 0 Å². The number of nitrogens with one attached hydrogen (secondary N) is 2. The maximum absolute atomic E-state index is 11.3. The SMILES string of the molecule is C1CCC(NC2CCCCC2)CC1.CCCCOC(=O)Nc1sc(C(=O)O)cc1C. The topological polar surface area (TPSA) is 87.7 Å². The molecule has 2 fully saturated rings. The highest BCUT2D eigenvalue weighted by Crippen LogP contribution is 2.27. The average molecular weight is 439 g/mol. The van der Waals surface area contributed by atoms with Gasteiger partial charge in [-0.25, -0.2) is 9.59 Å².